The first-order chi connectivity index (χ1) is 7.36. The third kappa shape index (κ3) is 3.44. The first-order valence-corrected chi connectivity index (χ1v) is 6.39. The van der Waals surface area contributed by atoms with Crippen LogP contribution in [-0.4, -0.2) is 50.3 Å². The van der Waals surface area contributed by atoms with Crippen LogP contribution in [0.4, 0.5) is 0 Å². The maximum atomic E-state index is 5.78. The van der Waals surface area contributed by atoms with Gasteiger partial charge < -0.3 is 15.0 Å². The van der Waals surface area contributed by atoms with Gasteiger partial charge in [-0.1, -0.05) is 0 Å². The van der Waals surface area contributed by atoms with E-state index in [0.29, 0.717) is 6.10 Å². The van der Waals surface area contributed by atoms with Crippen LogP contribution in [-0.2, 0) is 4.74 Å². The molecule has 0 saturated carbocycles. The van der Waals surface area contributed by atoms with E-state index in [1.807, 2.05) is 0 Å². The van der Waals surface area contributed by atoms with Gasteiger partial charge in [0.05, 0.1) is 6.10 Å². The number of nitrogens with one attached hydrogen (secondary N) is 1. The number of piperidine rings is 1. The maximum absolute atomic E-state index is 5.78. The van der Waals surface area contributed by atoms with Crippen molar-refractivity contribution in [2.45, 2.75) is 44.2 Å². The lowest BCUT2D eigenvalue weighted by Gasteiger charge is -2.35. The molecular weight excluding hydrogens is 188 g/mol. The van der Waals surface area contributed by atoms with Gasteiger partial charge in [0.2, 0.25) is 0 Å². The van der Waals surface area contributed by atoms with Gasteiger partial charge in [-0.25, -0.2) is 0 Å². The first-order valence-electron chi connectivity index (χ1n) is 6.39. The van der Waals surface area contributed by atoms with E-state index in [0.717, 1.165) is 19.2 Å². The summed E-state index contributed by atoms with van der Waals surface area (Å²) in [4.78, 5) is 2.51. The Kier molecular flexibility index (Phi) is 4.42. The zero-order valence-electron chi connectivity index (χ0n) is 9.87. The van der Waals surface area contributed by atoms with Crippen LogP contribution in [0.1, 0.15) is 32.1 Å². The van der Waals surface area contributed by atoms with Crippen LogP contribution < -0.4 is 5.32 Å². The third-order valence-corrected chi connectivity index (χ3v) is 3.70. The summed E-state index contributed by atoms with van der Waals surface area (Å²) in [6.07, 6.45) is 6.96. The second kappa shape index (κ2) is 5.83. The predicted octanol–water partition coefficient (Wildman–Crippen LogP) is 1.24. The molecule has 88 valence electrons. The summed E-state index contributed by atoms with van der Waals surface area (Å²) in [5.74, 6) is 0. The highest BCUT2D eigenvalue weighted by Gasteiger charge is 2.22. The van der Waals surface area contributed by atoms with Crippen LogP contribution in [0.25, 0.3) is 0 Å². The largest absolute Gasteiger partial charge is 0.377 e. The molecule has 0 bridgehead atoms. The minimum Gasteiger partial charge on any atom is -0.377 e. The van der Waals surface area contributed by atoms with Crippen LogP contribution in [0.5, 0.6) is 0 Å². The van der Waals surface area contributed by atoms with Gasteiger partial charge in [-0.05, 0) is 52.2 Å². The SMILES string of the molecule is CN(CC1CCCCO1)C1CCNCC1. The topological polar surface area (TPSA) is 24.5 Å². The summed E-state index contributed by atoms with van der Waals surface area (Å²) in [6, 6.07) is 0.775. The molecule has 0 aromatic heterocycles. The number of rotatable bonds is 3. The van der Waals surface area contributed by atoms with Crippen molar-refractivity contribution in [3.63, 3.8) is 0 Å². The minimum absolute atomic E-state index is 0.499. The number of likely N-dealkylation sites (N-methyl/N-ethyl adjacent to an activating group) is 1. The van der Waals surface area contributed by atoms with Crippen molar-refractivity contribution in [3.8, 4) is 0 Å². The molecule has 2 heterocycles. The number of ether oxygens (including phenoxy) is 1. The average molecular weight is 212 g/mol. The summed E-state index contributed by atoms with van der Waals surface area (Å²) in [5.41, 5.74) is 0. The Bertz CT molecular complexity index is 174. The lowest BCUT2D eigenvalue weighted by atomic mass is 10.0. The van der Waals surface area contributed by atoms with Gasteiger partial charge in [0, 0.05) is 19.2 Å². The zero-order valence-corrected chi connectivity index (χ0v) is 9.87. The number of nitrogens with zero attached hydrogens (tertiary/aromatic N) is 1. The highest BCUT2D eigenvalue weighted by Crippen LogP contribution is 2.16. The standard InChI is InChI=1S/C12H24N2O/c1-14(11-5-7-13-8-6-11)10-12-4-2-3-9-15-12/h11-13H,2-10H2,1H3. The van der Waals surface area contributed by atoms with Crippen LogP contribution >= 0.6 is 0 Å². The van der Waals surface area contributed by atoms with Gasteiger partial charge >= 0.3 is 0 Å². The van der Waals surface area contributed by atoms with Crippen molar-refractivity contribution < 1.29 is 4.74 Å². The molecule has 0 spiro atoms. The Morgan fingerprint density at radius 3 is 2.67 bits per heavy atom. The molecule has 15 heavy (non-hydrogen) atoms. The fraction of sp³-hybridized carbons (Fsp3) is 1.00. The Hall–Kier alpha value is -0.120. The van der Waals surface area contributed by atoms with Gasteiger partial charge in [0.15, 0.2) is 0 Å². The molecule has 0 aromatic rings. The molecule has 2 aliphatic heterocycles. The van der Waals surface area contributed by atoms with E-state index >= 15 is 0 Å². The van der Waals surface area contributed by atoms with Crippen molar-refractivity contribution in [1.29, 1.82) is 0 Å². The molecular formula is C12H24N2O. The molecule has 0 radical (unpaired) electrons. The Morgan fingerprint density at radius 1 is 1.20 bits per heavy atom. The fourth-order valence-corrected chi connectivity index (χ4v) is 2.67. The molecule has 1 atom stereocenters. The van der Waals surface area contributed by atoms with Crippen LogP contribution in [0.15, 0.2) is 0 Å². The second-order valence-electron chi connectivity index (χ2n) is 4.91. The highest BCUT2D eigenvalue weighted by atomic mass is 16.5. The highest BCUT2D eigenvalue weighted by molar-refractivity contribution is 4.78. The normalized spacial score (nSPS) is 29.6. The molecule has 3 nitrogen and oxygen atoms in total. The summed E-state index contributed by atoms with van der Waals surface area (Å²) < 4.78 is 5.78. The van der Waals surface area contributed by atoms with Gasteiger partial charge in [0.25, 0.3) is 0 Å². The lowest BCUT2D eigenvalue weighted by Crippen LogP contribution is -2.44. The fourth-order valence-electron chi connectivity index (χ4n) is 2.67. The van der Waals surface area contributed by atoms with E-state index in [2.05, 4.69) is 17.3 Å². The third-order valence-electron chi connectivity index (χ3n) is 3.70. The summed E-state index contributed by atoms with van der Waals surface area (Å²) in [7, 11) is 2.26. The lowest BCUT2D eigenvalue weighted by molar-refractivity contribution is -0.0103. The molecule has 3 heteroatoms. The summed E-state index contributed by atoms with van der Waals surface area (Å²) in [5, 5.41) is 3.42. The molecule has 0 aromatic carbocycles. The van der Waals surface area contributed by atoms with Crippen LogP contribution in [0, 0.1) is 0 Å². The Balaban J connectivity index is 1.72. The van der Waals surface area contributed by atoms with Crippen molar-refractivity contribution in [1.82, 2.24) is 10.2 Å². The molecule has 0 aliphatic carbocycles. The summed E-state index contributed by atoms with van der Waals surface area (Å²) >= 11 is 0. The van der Waals surface area contributed by atoms with Crippen molar-refractivity contribution in [3.05, 3.63) is 0 Å². The molecule has 1 N–H and O–H groups in total. The molecule has 2 saturated heterocycles. The first kappa shape index (κ1) is 11.4. The quantitative estimate of drug-likeness (QED) is 0.762. The van der Waals surface area contributed by atoms with Crippen LogP contribution in [0.3, 0.4) is 0 Å². The maximum Gasteiger partial charge on any atom is 0.0702 e. The van der Waals surface area contributed by atoms with E-state index in [-0.39, 0.29) is 0 Å². The second-order valence-corrected chi connectivity index (χ2v) is 4.91. The van der Waals surface area contributed by atoms with E-state index in [1.54, 1.807) is 0 Å². The Morgan fingerprint density at radius 2 is 2.00 bits per heavy atom. The van der Waals surface area contributed by atoms with Crippen molar-refractivity contribution >= 4 is 0 Å². The minimum atomic E-state index is 0.499. The molecule has 2 fully saturated rings. The molecule has 2 aliphatic rings. The van der Waals surface area contributed by atoms with Gasteiger partial charge in [-0.2, -0.15) is 0 Å². The number of hydrogen-bond acceptors (Lipinski definition) is 3. The van der Waals surface area contributed by atoms with Gasteiger partial charge in [-0.15, -0.1) is 0 Å². The van der Waals surface area contributed by atoms with E-state index in [1.165, 1.54) is 45.2 Å². The van der Waals surface area contributed by atoms with E-state index < -0.39 is 0 Å². The van der Waals surface area contributed by atoms with Crippen molar-refractivity contribution in [2.24, 2.45) is 0 Å². The molecule has 1 unspecified atom stereocenters. The molecule has 2 rings (SSSR count). The zero-order chi connectivity index (χ0) is 10.5. The van der Waals surface area contributed by atoms with E-state index in [9.17, 15) is 0 Å². The van der Waals surface area contributed by atoms with Crippen LogP contribution in [0.2, 0.25) is 0 Å². The average Bonchev–Trinajstić information content (AvgIpc) is 2.31. The van der Waals surface area contributed by atoms with E-state index in [4.69, 9.17) is 4.74 Å². The van der Waals surface area contributed by atoms with Crippen molar-refractivity contribution in [2.75, 3.05) is 33.3 Å². The molecule has 0 amide bonds. The Labute approximate surface area is 93.2 Å². The summed E-state index contributed by atoms with van der Waals surface area (Å²) in [6.45, 7) is 4.47. The van der Waals surface area contributed by atoms with Gasteiger partial charge in [-0.3, -0.25) is 0 Å². The predicted molar refractivity (Wildman–Crippen MR) is 62.1 cm³/mol. The van der Waals surface area contributed by atoms with Gasteiger partial charge in [0.1, 0.15) is 0 Å². The smallest absolute Gasteiger partial charge is 0.0702 e. The number of hydrogen-bond donors (Lipinski definition) is 1. The monoisotopic (exact) mass is 212 g/mol.